The first-order chi connectivity index (χ1) is 28.9. The van der Waals surface area contributed by atoms with E-state index in [2.05, 4.69) is 0 Å². The molecule has 1 saturated heterocycles. The number of carboxylic acids is 1. The van der Waals surface area contributed by atoms with Crippen molar-refractivity contribution >= 4 is 46.8 Å². The molecule has 342 valence electrons. The van der Waals surface area contributed by atoms with Crippen LogP contribution in [0.3, 0.4) is 0 Å². The first-order valence-electron chi connectivity index (χ1n) is 21.2. The van der Waals surface area contributed by atoms with Gasteiger partial charge in [0.15, 0.2) is 23.5 Å². The Balaban J connectivity index is 0.000000283. The van der Waals surface area contributed by atoms with E-state index >= 15 is 0 Å². The molecule has 3 aliphatic carbocycles. The third-order valence-corrected chi connectivity index (χ3v) is 11.5. The summed E-state index contributed by atoms with van der Waals surface area (Å²) in [5.74, 6) is -4.15. The summed E-state index contributed by atoms with van der Waals surface area (Å²) in [6, 6.07) is 3.38. The number of carbonyl (C=O) groups excluding carboxylic acids is 3. The number of carboxylic acid groups (broad SMARTS) is 1. The zero-order chi connectivity index (χ0) is 45.6. The number of ether oxygens (including phenoxy) is 2. The monoisotopic (exact) mass is 901 g/mol. The second-order valence-corrected chi connectivity index (χ2v) is 17.5. The van der Waals surface area contributed by atoms with Gasteiger partial charge in [0.25, 0.3) is 5.91 Å². The van der Waals surface area contributed by atoms with E-state index in [9.17, 15) is 37.9 Å². The van der Waals surface area contributed by atoms with E-state index in [0.717, 1.165) is 57.1 Å². The number of fused-ring (bicyclic) bond motifs is 4. The SMILES string of the molecule is CC.CC(C)(C)OC(=O)C[C@H]1CCC[C@H]1C(=O)O.ClCCl.N[C@H]1CCC[C@H]1CO.O=C(CCc1ccc(F)cc1F)c1cn2c(c(O)c1=O)C(=O)N1[C@@H](C2)OC[C@@H]2CCC[C@@H]21. The summed E-state index contributed by atoms with van der Waals surface area (Å²) in [7, 11) is 0. The van der Waals surface area contributed by atoms with Crippen molar-refractivity contribution in [3.63, 3.8) is 0 Å². The van der Waals surface area contributed by atoms with Crippen LogP contribution in [-0.4, -0.2) is 90.9 Å². The maximum absolute atomic E-state index is 13.9. The number of nitrogens with two attached hydrogens (primary N) is 1. The number of amides is 1. The number of aliphatic hydroxyl groups excluding tert-OH is 1. The molecule has 7 atom stereocenters. The van der Waals surface area contributed by atoms with Crippen molar-refractivity contribution in [1.82, 2.24) is 9.47 Å². The number of ketones is 1. The molecule has 3 saturated carbocycles. The summed E-state index contributed by atoms with van der Waals surface area (Å²) >= 11 is 9.53. The molecule has 0 spiro atoms. The topological polar surface area (TPSA) is 199 Å². The lowest BCUT2D eigenvalue weighted by Crippen LogP contribution is -2.59. The molecule has 1 amide bonds. The maximum atomic E-state index is 13.9. The molecule has 13 nitrogen and oxygen atoms in total. The van der Waals surface area contributed by atoms with Crippen LogP contribution in [0.4, 0.5) is 8.78 Å². The number of Topliss-reactive ketones (excluding diaryl/α,β-unsaturated/α-hetero) is 1. The Hall–Kier alpha value is -3.63. The van der Waals surface area contributed by atoms with E-state index in [1.807, 2.05) is 34.6 Å². The van der Waals surface area contributed by atoms with Crippen LogP contribution in [-0.2, 0) is 32.0 Å². The fourth-order valence-corrected chi connectivity index (χ4v) is 8.64. The van der Waals surface area contributed by atoms with Crippen molar-refractivity contribution in [3.8, 4) is 5.75 Å². The quantitative estimate of drug-likeness (QED) is 0.117. The second kappa shape index (κ2) is 24.3. The van der Waals surface area contributed by atoms with Gasteiger partial charge in [-0.1, -0.05) is 39.2 Å². The van der Waals surface area contributed by atoms with Crippen LogP contribution in [0.15, 0.2) is 29.2 Å². The first kappa shape index (κ1) is 51.7. The molecule has 0 radical (unpaired) electrons. The highest BCUT2D eigenvalue weighted by atomic mass is 35.5. The zero-order valence-corrected chi connectivity index (χ0v) is 37.4. The molecule has 0 bridgehead atoms. The van der Waals surface area contributed by atoms with Gasteiger partial charge in [-0.05, 0) is 89.2 Å². The Morgan fingerprint density at radius 1 is 0.984 bits per heavy atom. The lowest BCUT2D eigenvalue weighted by Gasteiger charge is -2.46. The Morgan fingerprint density at radius 2 is 1.62 bits per heavy atom. The molecule has 5 aliphatic rings. The molecule has 61 heavy (non-hydrogen) atoms. The van der Waals surface area contributed by atoms with Gasteiger partial charge in [0, 0.05) is 49.7 Å². The summed E-state index contributed by atoms with van der Waals surface area (Å²) in [5, 5.41) is 28.4. The third kappa shape index (κ3) is 14.2. The van der Waals surface area contributed by atoms with Crippen LogP contribution in [0, 0.1) is 35.3 Å². The predicted octanol–water partition coefficient (Wildman–Crippen LogP) is 7.40. The van der Waals surface area contributed by atoms with Crippen LogP contribution in [0.1, 0.15) is 132 Å². The van der Waals surface area contributed by atoms with E-state index in [4.69, 9.17) is 48.6 Å². The van der Waals surface area contributed by atoms with Crippen molar-refractivity contribution < 1.29 is 52.8 Å². The van der Waals surface area contributed by atoms with E-state index in [1.54, 1.807) is 4.90 Å². The number of aromatic nitrogens is 1. The smallest absolute Gasteiger partial charge is 0.306 e. The minimum atomic E-state index is -0.923. The third-order valence-electron chi connectivity index (χ3n) is 11.5. The fraction of sp³-hybridized carbons (Fsp3) is 0.659. The molecule has 2 aromatic rings. The molecule has 17 heteroatoms. The molecule has 0 unspecified atom stereocenters. The molecule has 7 rings (SSSR count). The van der Waals surface area contributed by atoms with E-state index in [0.29, 0.717) is 18.9 Å². The maximum Gasteiger partial charge on any atom is 0.306 e. The van der Waals surface area contributed by atoms with Crippen LogP contribution in [0.2, 0.25) is 0 Å². The molecule has 4 fully saturated rings. The number of aryl methyl sites for hydroxylation is 1. The Morgan fingerprint density at radius 3 is 2.20 bits per heavy atom. The number of pyridine rings is 1. The zero-order valence-electron chi connectivity index (χ0n) is 35.8. The number of alkyl halides is 2. The van der Waals surface area contributed by atoms with Gasteiger partial charge in [-0.25, -0.2) is 8.78 Å². The van der Waals surface area contributed by atoms with Gasteiger partial charge in [0.1, 0.15) is 17.2 Å². The molecule has 3 heterocycles. The largest absolute Gasteiger partial charge is 0.503 e. The molecular formula is C44H63Cl2F2N3O10. The van der Waals surface area contributed by atoms with Crippen molar-refractivity contribution in [3.05, 3.63) is 63.1 Å². The van der Waals surface area contributed by atoms with Gasteiger partial charge in [-0.3, -0.25) is 24.0 Å². The number of hydrogen-bond acceptors (Lipinski definition) is 10. The number of nitrogens with zero attached hydrogens (tertiary/aromatic N) is 2. The summed E-state index contributed by atoms with van der Waals surface area (Å²) in [6.45, 7) is 10.5. The Kier molecular flexibility index (Phi) is 20.6. The molecule has 1 aromatic carbocycles. The summed E-state index contributed by atoms with van der Waals surface area (Å²) < 4.78 is 39.4. The number of halogens is 4. The van der Waals surface area contributed by atoms with Crippen molar-refractivity contribution in [2.24, 2.45) is 29.4 Å². The average Bonchev–Trinajstić information content (AvgIpc) is 3.98. The summed E-state index contributed by atoms with van der Waals surface area (Å²) in [5.41, 5.74) is 3.95. The number of hydrogen-bond donors (Lipinski definition) is 4. The van der Waals surface area contributed by atoms with E-state index in [1.165, 1.54) is 23.3 Å². The minimum Gasteiger partial charge on any atom is -0.503 e. The lowest BCUT2D eigenvalue weighted by molar-refractivity contribution is -0.156. The van der Waals surface area contributed by atoms with Crippen LogP contribution >= 0.6 is 23.2 Å². The normalized spacial score (nSPS) is 24.7. The van der Waals surface area contributed by atoms with Gasteiger partial charge < -0.3 is 40.0 Å². The molecule has 5 N–H and O–H groups in total. The second-order valence-electron chi connectivity index (χ2n) is 16.7. The number of esters is 1. The number of aromatic hydroxyl groups is 1. The molecule has 2 aliphatic heterocycles. The van der Waals surface area contributed by atoms with Crippen LogP contribution < -0.4 is 11.2 Å². The first-order valence-corrected chi connectivity index (χ1v) is 22.3. The highest BCUT2D eigenvalue weighted by Crippen LogP contribution is 2.39. The van der Waals surface area contributed by atoms with Gasteiger partial charge >= 0.3 is 11.9 Å². The van der Waals surface area contributed by atoms with Crippen LogP contribution in [0.25, 0.3) is 0 Å². The van der Waals surface area contributed by atoms with E-state index in [-0.39, 0.29) is 90.4 Å². The Labute approximate surface area is 366 Å². The fourth-order valence-electron chi connectivity index (χ4n) is 8.64. The molecular weight excluding hydrogens is 839 g/mol. The number of benzene rings is 1. The summed E-state index contributed by atoms with van der Waals surface area (Å²) in [4.78, 5) is 62.8. The van der Waals surface area contributed by atoms with Gasteiger partial charge in [-0.2, -0.15) is 0 Å². The van der Waals surface area contributed by atoms with Crippen molar-refractivity contribution in [2.45, 2.75) is 142 Å². The van der Waals surface area contributed by atoms with Crippen molar-refractivity contribution in [1.29, 1.82) is 0 Å². The highest BCUT2D eigenvalue weighted by Gasteiger charge is 2.47. The van der Waals surface area contributed by atoms with Gasteiger partial charge in [0.2, 0.25) is 5.43 Å². The predicted molar refractivity (Wildman–Crippen MR) is 228 cm³/mol. The van der Waals surface area contributed by atoms with Crippen LogP contribution in [0.5, 0.6) is 5.75 Å². The van der Waals surface area contributed by atoms with E-state index < -0.39 is 52.3 Å². The average molecular weight is 903 g/mol. The lowest BCUT2D eigenvalue weighted by atomic mass is 9.93. The minimum absolute atomic E-state index is 0.0245. The van der Waals surface area contributed by atoms with Gasteiger partial charge in [0.05, 0.1) is 30.0 Å². The summed E-state index contributed by atoms with van der Waals surface area (Å²) in [6.07, 6.45) is 9.39. The number of carbonyl (C=O) groups is 4. The Bertz CT molecular complexity index is 1860. The number of rotatable bonds is 8. The number of aliphatic carboxylic acids is 1. The standard InChI is InChI=1S/C23H22F2N2O5.C12H20O4.C6H13NO.C2H6.CH2Cl2/c24-14-6-4-12(16(25)8-14)5-7-18(28)15-9-26-10-19-27(17-3-1-2-13(17)11-32-19)23(31)20(26)22(30)21(15)29;1-12(2,3)16-10(13)7-8-5-4-6-9(8)11(14)15;7-6-3-1-2-5(6)4-8;1-2;2-1-3/h4,6,8-9,13,17,19,30H,1-3,5,7,10-11H2;8-9H,4-7H2,1-3H3,(H,14,15);5-6,8H,1-4,7H2;1-2H3;1H2/t13-,17-,19+;8-,9-;5-,6-;;/m010../s1. The number of aliphatic hydroxyl groups is 1. The molecule has 1 aromatic heterocycles. The van der Waals surface area contributed by atoms with Gasteiger partial charge in [-0.15, -0.1) is 23.2 Å². The highest BCUT2D eigenvalue weighted by molar-refractivity contribution is 6.40. The van der Waals surface area contributed by atoms with Crippen molar-refractivity contribution in [2.75, 3.05) is 18.6 Å².